The van der Waals surface area contributed by atoms with Gasteiger partial charge in [0.05, 0.1) is 0 Å². The summed E-state index contributed by atoms with van der Waals surface area (Å²) in [6.07, 6.45) is 1.28. The molecule has 1 aromatic rings. The number of halogens is 1. The van der Waals surface area contributed by atoms with Crippen molar-refractivity contribution in [2.24, 2.45) is 5.73 Å². The second kappa shape index (κ2) is 10.4. The Kier molecular flexibility index (Phi) is 8.54. The number of carbonyl (C=O) groups is 3. The van der Waals surface area contributed by atoms with Crippen LogP contribution < -0.4 is 26.6 Å². The molecule has 25 heavy (non-hydrogen) atoms. The molecule has 2 atom stereocenters. The molecule has 1 rings (SSSR count). The first-order valence-electron chi connectivity index (χ1n) is 7.40. The second-order valence-electron chi connectivity index (χ2n) is 5.04. The van der Waals surface area contributed by atoms with Crippen molar-refractivity contribution >= 4 is 29.6 Å². The van der Waals surface area contributed by atoms with Crippen molar-refractivity contribution in [3.05, 3.63) is 30.1 Å². The van der Waals surface area contributed by atoms with E-state index in [1.54, 1.807) is 0 Å². The van der Waals surface area contributed by atoms with Crippen molar-refractivity contribution in [3.63, 3.8) is 0 Å². The molecule has 0 saturated carbocycles. The first-order valence-corrected chi connectivity index (χ1v) is 8.79. The van der Waals surface area contributed by atoms with Gasteiger partial charge in [-0.05, 0) is 49.6 Å². The van der Waals surface area contributed by atoms with Gasteiger partial charge >= 0.3 is 6.03 Å². The van der Waals surface area contributed by atoms with Gasteiger partial charge in [0.15, 0.2) is 6.10 Å². The molecule has 0 bridgehead atoms. The fourth-order valence-electron chi connectivity index (χ4n) is 1.76. The van der Waals surface area contributed by atoms with Gasteiger partial charge in [0.1, 0.15) is 17.6 Å². The summed E-state index contributed by atoms with van der Waals surface area (Å²) in [6.45, 7) is 1.47. The van der Waals surface area contributed by atoms with Crippen molar-refractivity contribution in [2.75, 3.05) is 12.0 Å². The van der Waals surface area contributed by atoms with Crippen LogP contribution >= 0.6 is 11.8 Å². The van der Waals surface area contributed by atoms with Gasteiger partial charge in [-0.25, -0.2) is 9.18 Å². The van der Waals surface area contributed by atoms with Gasteiger partial charge < -0.3 is 15.8 Å². The lowest BCUT2D eigenvalue weighted by Gasteiger charge is -2.19. The Balaban J connectivity index is 2.50. The van der Waals surface area contributed by atoms with E-state index in [1.165, 1.54) is 43.0 Å². The summed E-state index contributed by atoms with van der Waals surface area (Å²) in [5.41, 5.74) is 9.45. The quantitative estimate of drug-likeness (QED) is 0.496. The van der Waals surface area contributed by atoms with Gasteiger partial charge in [-0.1, -0.05) is 0 Å². The zero-order valence-electron chi connectivity index (χ0n) is 13.9. The Hall–Kier alpha value is -2.49. The topological polar surface area (TPSA) is 123 Å². The zero-order chi connectivity index (χ0) is 18.8. The Morgan fingerprint density at radius 2 is 1.80 bits per heavy atom. The molecule has 138 valence electrons. The number of amides is 4. The predicted octanol–water partition coefficient (Wildman–Crippen LogP) is 0.530. The zero-order valence-corrected chi connectivity index (χ0v) is 14.7. The van der Waals surface area contributed by atoms with Gasteiger partial charge in [-0.2, -0.15) is 11.8 Å². The molecule has 0 aliphatic heterocycles. The Morgan fingerprint density at radius 3 is 2.36 bits per heavy atom. The van der Waals surface area contributed by atoms with E-state index in [9.17, 15) is 18.8 Å². The summed E-state index contributed by atoms with van der Waals surface area (Å²) in [5, 5.41) is 2.31. The molecule has 0 fully saturated rings. The molecular weight excluding hydrogens is 351 g/mol. The fourth-order valence-corrected chi connectivity index (χ4v) is 2.23. The molecule has 5 N–H and O–H groups in total. The molecule has 0 heterocycles. The lowest BCUT2D eigenvalue weighted by atomic mass is 10.2. The van der Waals surface area contributed by atoms with Crippen LogP contribution in [0.1, 0.15) is 13.3 Å². The fraction of sp³-hybridized carbons (Fsp3) is 0.400. The third kappa shape index (κ3) is 7.75. The number of thioether (sulfide) groups is 1. The van der Waals surface area contributed by atoms with Crippen LogP contribution in [0.25, 0.3) is 0 Å². The minimum atomic E-state index is -0.931. The van der Waals surface area contributed by atoms with E-state index in [0.29, 0.717) is 17.9 Å². The molecule has 0 unspecified atom stereocenters. The maximum atomic E-state index is 12.8. The standard InChI is InChI=1S/C15H21FN4O4S/c1-9(24-11-5-3-10(16)4-6-11)13(21)19-20-14(22)12(7-8-25-2)18-15(17)23/h3-6,9,12H,7-8H2,1-2H3,(H,19,21)(H,20,22)(H3,17,18,23)/t9-,12+/m0/s1. The molecule has 8 nitrogen and oxygen atoms in total. The average molecular weight is 372 g/mol. The molecule has 0 aliphatic rings. The monoisotopic (exact) mass is 372 g/mol. The first kappa shape index (κ1) is 20.6. The Labute approximate surface area is 149 Å². The van der Waals surface area contributed by atoms with Crippen LogP contribution in [0.3, 0.4) is 0 Å². The maximum absolute atomic E-state index is 12.8. The Morgan fingerprint density at radius 1 is 1.20 bits per heavy atom. The van der Waals surface area contributed by atoms with Gasteiger partial charge in [-0.15, -0.1) is 0 Å². The van der Waals surface area contributed by atoms with E-state index in [2.05, 4.69) is 16.2 Å². The van der Waals surface area contributed by atoms with Gasteiger partial charge in [0.25, 0.3) is 11.8 Å². The third-order valence-corrected chi connectivity index (χ3v) is 3.69. The summed E-state index contributed by atoms with van der Waals surface area (Å²) in [7, 11) is 0. The number of ether oxygens (including phenoxy) is 1. The number of hydrogen-bond acceptors (Lipinski definition) is 5. The largest absolute Gasteiger partial charge is 0.481 e. The lowest BCUT2D eigenvalue weighted by Crippen LogP contribution is -2.55. The average Bonchev–Trinajstić information content (AvgIpc) is 2.57. The van der Waals surface area contributed by atoms with Crippen LogP contribution in [0.15, 0.2) is 24.3 Å². The number of hydrazine groups is 1. The van der Waals surface area contributed by atoms with E-state index in [4.69, 9.17) is 10.5 Å². The molecule has 0 radical (unpaired) electrons. The molecule has 4 amide bonds. The van der Waals surface area contributed by atoms with Crippen molar-refractivity contribution in [2.45, 2.75) is 25.5 Å². The van der Waals surface area contributed by atoms with E-state index in [1.807, 2.05) is 6.26 Å². The highest BCUT2D eigenvalue weighted by atomic mass is 32.2. The van der Waals surface area contributed by atoms with Crippen LogP contribution in [0, 0.1) is 5.82 Å². The first-order chi connectivity index (χ1) is 11.8. The normalized spacial score (nSPS) is 12.6. The van der Waals surface area contributed by atoms with E-state index in [-0.39, 0.29) is 0 Å². The second-order valence-corrected chi connectivity index (χ2v) is 6.02. The number of nitrogens with two attached hydrogens (primary N) is 1. The van der Waals surface area contributed by atoms with Crippen molar-refractivity contribution < 1.29 is 23.5 Å². The number of primary amides is 1. The highest BCUT2D eigenvalue weighted by molar-refractivity contribution is 7.98. The Bertz CT molecular complexity index is 600. The molecular formula is C15H21FN4O4S. The number of benzene rings is 1. The summed E-state index contributed by atoms with van der Waals surface area (Å²) in [4.78, 5) is 34.9. The molecule has 0 saturated heterocycles. The summed E-state index contributed by atoms with van der Waals surface area (Å²) < 4.78 is 18.2. The molecule has 0 aromatic heterocycles. The number of rotatable bonds is 8. The van der Waals surface area contributed by atoms with Crippen LogP contribution in [-0.4, -0.2) is 42.0 Å². The van der Waals surface area contributed by atoms with Gasteiger partial charge in [0.2, 0.25) is 0 Å². The van der Waals surface area contributed by atoms with Gasteiger partial charge in [0, 0.05) is 0 Å². The summed E-state index contributed by atoms with van der Waals surface area (Å²) in [6, 6.07) is 3.47. The highest BCUT2D eigenvalue weighted by Gasteiger charge is 2.21. The van der Waals surface area contributed by atoms with Crippen LogP contribution in [0.2, 0.25) is 0 Å². The van der Waals surface area contributed by atoms with Crippen LogP contribution in [-0.2, 0) is 9.59 Å². The minimum Gasteiger partial charge on any atom is -0.481 e. The molecule has 0 aliphatic carbocycles. The highest BCUT2D eigenvalue weighted by Crippen LogP contribution is 2.12. The summed E-state index contributed by atoms with van der Waals surface area (Å²) in [5.74, 6) is -0.703. The van der Waals surface area contributed by atoms with Crippen LogP contribution in [0.4, 0.5) is 9.18 Å². The number of hydrogen-bond donors (Lipinski definition) is 4. The van der Waals surface area contributed by atoms with Crippen molar-refractivity contribution in [1.82, 2.24) is 16.2 Å². The molecule has 0 spiro atoms. The molecule has 10 heteroatoms. The van der Waals surface area contributed by atoms with Crippen molar-refractivity contribution in [1.29, 1.82) is 0 Å². The number of urea groups is 1. The van der Waals surface area contributed by atoms with Crippen molar-refractivity contribution in [3.8, 4) is 5.75 Å². The smallest absolute Gasteiger partial charge is 0.312 e. The third-order valence-electron chi connectivity index (χ3n) is 3.05. The lowest BCUT2D eigenvalue weighted by molar-refractivity contribution is -0.133. The number of carbonyl (C=O) groups excluding carboxylic acids is 3. The van der Waals surface area contributed by atoms with Gasteiger partial charge in [-0.3, -0.25) is 20.4 Å². The van der Waals surface area contributed by atoms with Crippen LogP contribution in [0.5, 0.6) is 5.75 Å². The number of nitrogens with one attached hydrogen (secondary N) is 3. The maximum Gasteiger partial charge on any atom is 0.312 e. The van der Waals surface area contributed by atoms with E-state index < -0.39 is 35.8 Å². The molecule has 1 aromatic carbocycles. The van der Waals surface area contributed by atoms with E-state index in [0.717, 1.165) is 0 Å². The van der Waals surface area contributed by atoms with E-state index >= 15 is 0 Å². The summed E-state index contributed by atoms with van der Waals surface area (Å²) >= 11 is 1.50. The minimum absolute atomic E-state index is 0.309. The predicted molar refractivity (Wildman–Crippen MR) is 92.3 cm³/mol. The SMILES string of the molecule is CSCC[C@@H](NC(N)=O)C(=O)NNC(=O)[C@H](C)Oc1ccc(F)cc1.